The summed E-state index contributed by atoms with van der Waals surface area (Å²) in [6.07, 6.45) is 5.00. The molecule has 0 aliphatic rings. The average Bonchev–Trinajstić information content (AvgIpc) is 2.69. The van der Waals surface area contributed by atoms with Crippen LogP contribution in [0.1, 0.15) is 38.3 Å². The maximum Gasteiger partial charge on any atom is 0.220 e. The Morgan fingerprint density at radius 3 is 2.93 bits per heavy atom. The van der Waals surface area contributed by atoms with Crippen molar-refractivity contribution < 1.29 is 4.79 Å². The Morgan fingerprint density at radius 2 is 2.40 bits per heavy atom. The van der Waals surface area contributed by atoms with Crippen LogP contribution in [0.2, 0.25) is 0 Å². The zero-order valence-electron chi connectivity index (χ0n) is 9.11. The van der Waals surface area contributed by atoms with Crippen molar-refractivity contribution in [3.63, 3.8) is 0 Å². The summed E-state index contributed by atoms with van der Waals surface area (Å²) < 4.78 is 0. The van der Waals surface area contributed by atoms with E-state index in [2.05, 4.69) is 11.9 Å². The third kappa shape index (κ3) is 4.42. The van der Waals surface area contributed by atoms with Crippen LogP contribution in [0.4, 0.5) is 0 Å². The number of nitrogens with two attached hydrogens (primary N) is 1. The molecule has 1 rings (SSSR count). The lowest BCUT2D eigenvalue weighted by Gasteiger charge is -2.11. The van der Waals surface area contributed by atoms with Gasteiger partial charge in [0.25, 0.3) is 0 Å². The average molecular weight is 226 g/mol. The number of nitrogens with zero attached hydrogens (tertiary/aromatic N) is 1. The number of amides is 1. The van der Waals surface area contributed by atoms with Gasteiger partial charge in [-0.25, -0.2) is 4.98 Å². The SMILES string of the molecule is CCCCCC(Cc1cscn1)C(N)=O. The lowest BCUT2D eigenvalue weighted by atomic mass is 9.96. The van der Waals surface area contributed by atoms with E-state index in [4.69, 9.17) is 5.73 Å². The molecule has 0 spiro atoms. The second-order valence-electron chi connectivity index (χ2n) is 3.78. The topological polar surface area (TPSA) is 56.0 Å². The molecule has 0 aliphatic heterocycles. The fourth-order valence-electron chi connectivity index (χ4n) is 1.58. The monoisotopic (exact) mass is 226 g/mol. The molecular weight excluding hydrogens is 208 g/mol. The van der Waals surface area contributed by atoms with Gasteiger partial charge in [-0.05, 0) is 6.42 Å². The molecule has 1 unspecified atom stereocenters. The molecule has 1 amide bonds. The number of aromatic nitrogens is 1. The molecule has 15 heavy (non-hydrogen) atoms. The van der Waals surface area contributed by atoms with Gasteiger partial charge in [0.05, 0.1) is 11.2 Å². The summed E-state index contributed by atoms with van der Waals surface area (Å²) in [5.41, 5.74) is 8.15. The molecule has 0 radical (unpaired) electrons. The normalized spacial score (nSPS) is 12.6. The summed E-state index contributed by atoms with van der Waals surface area (Å²) in [4.78, 5) is 15.4. The van der Waals surface area contributed by atoms with Crippen LogP contribution in [0.15, 0.2) is 10.9 Å². The minimum atomic E-state index is -0.195. The van der Waals surface area contributed by atoms with E-state index in [-0.39, 0.29) is 11.8 Å². The Morgan fingerprint density at radius 1 is 1.60 bits per heavy atom. The second kappa shape index (κ2) is 6.56. The summed E-state index contributed by atoms with van der Waals surface area (Å²) in [5, 5.41) is 1.98. The first-order valence-electron chi connectivity index (χ1n) is 5.40. The highest BCUT2D eigenvalue weighted by atomic mass is 32.1. The second-order valence-corrected chi connectivity index (χ2v) is 4.50. The lowest BCUT2D eigenvalue weighted by Crippen LogP contribution is -2.25. The minimum Gasteiger partial charge on any atom is -0.369 e. The number of carbonyl (C=O) groups excluding carboxylic acids is 1. The van der Waals surface area contributed by atoms with Crippen LogP contribution in [0, 0.1) is 5.92 Å². The first kappa shape index (κ1) is 12.2. The third-order valence-electron chi connectivity index (χ3n) is 2.50. The fourth-order valence-corrected chi connectivity index (χ4v) is 2.15. The van der Waals surface area contributed by atoms with Crippen LogP contribution in [0.5, 0.6) is 0 Å². The number of rotatable bonds is 7. The van der Waals surface area contributed by atoms with Crippen LogP contribution >= 0.6 is 11.3 Å². The number of hydrogen-bond acceptors (Lipinski definition) is 3. The molecule has 0 saturated heterocycles. The highest BCUT2D eigenvalue weighted by molar-refractivity contribution is 7.07. The zero-order valence-corrected chi connectivity index (χ0v) is 9.93. The van der Waals surface area contributed by atoms with E-state index < -0.39 is 0 Å². The highest BCUT2D eigenvalue weighted by Gasteiger charge is 2.16. The van der Waals surface area contributed by atoms with Gasteiger partial charge in [0, 0.05) is 17.7 Å². The lowest BCUT2D eigenvalue weighted by molar-refractivity contribution is -0.122. The number of unbranched alkanes of at least 4 members (excludes halogenated alkanes) is 2. The summed E-state index contributed by atoms with van der Waals surface area (Å²) >= 11 is 1.56. The first-order chi connectivity index (χ1) is 7.24. The Hall–Kier alpha value is -0.900. The highest BCUT2D eigenvalue weighted by Crippen LogP contribution is 2.15. The van der Waals surface area contributed by atoms with Gasteiger partial charge in [-0.3, -0.25) is 4.79 Å². The third-order valence-corrected chi connectivity index (χ3v) is 3.13. The molecule has 0 aromatic carbocycles. The standard InChI is InChI=1S/C11H18N2OS/c1-2-3-4-5-9(11(12)14)6-10-7-15-8-13-10/h7-9H,2-6H2,1H3,(H2,12,14). The van der Waals surface area contributed by atoms with Gasteiger partial charge in [0.1, 0.15) is 0 Å². The van der Waals surface area contributed by atoms with Crippen molar-refractivity contribution in [1.29, 1.82) is 0 Å². The molecule has 1 aromatic heterocycles. The Labute approximate surface area is 94.7 Å². The maximum atomic E-state index is 11.2. The van der Waals surface area contributed by atoms with Gasteiger partial charge in [0.15, 0.2) is 0 Å². The van der Waals surface area contributed by atoms with Crippen molar-refractivity contribution in [2.45, 2.75) is 39.0 Å². The van der Waals surface area contributed by atoms with Crippen LogP contribution in [0.25, 0.3) is 0 Å². The van der Waals surface area contributed by atoms with Gasteiger partial charge in [-0.15, -0.1) is 11.3 Å². The van der Waals surface area contributed by atoms with Crippen LogP contribution in [0.3, 0.4) is 0 Å². The van der Waals surface area contributed by atoms with Crippen molar-refractivity contribution in [2.75, 3.05) is 0 Å². The number of primary amides is 1. The minimum absolute atomic E-state index is 0.0429. The van der Waals surface area contributed by atoms with E-state index in [0.29, 0.717) is 6.42 Å². The molecule has 4 heteroatoms. The molecule has 1 aromatic rings. The van der Waals surface area contributed by atoms with Gasteiger partial charge >= 0.3 is 0 Å². The Kier molecular flexibility index (Phi) is 5.32. The van der Waals surface area contributed by atoms with E-state index >= 15 is 0 Å². The largest absolute Gasteiger partial charge is 0.369 e. The smallest absolute Gasteiger partial charge is 0.220 e. The molecule has 1 heterocycles. The van der Waals surface area contributed by atoms with Crippen molar-refractivity contribution in [1.82, 2.24) is 4.98 Å². The van der Waals surface area contributed by atoms with Gasteiger partial charge in [-0.1, -0.05) is 26.2 Å². The van der Waals surface area contributed by atoms with Crippen molar-refractivity contribution >= 4 is 17.2 Å². The van der Waals surface area contributed by atoms with Gasteiger partial charge < -0.3 is 5.73 Å². The van der Waals surface area contributed by atoms with Gasteiger partial charge in [-0.2, -0.15) is 0 Å². The quantitative estimate of drug-likeness (QED) is 0.726. The molecule has 0 bridgehead atoms. The number of hydrogen-bond donors (Lipinski definition) is 1. The van der Waals surface area contributed by atoms with Crippen molar-refractivity contribution in [2.24, 2.45) is 11.7 Å². The van der Waals surface area contributed by atoms with Crippen LogP contribution in [-0.4, -0.2) is 10.9 Å². The summed E-state index contributed by atoms with van der Waals surface area (Å²) in [7, 11) is 0. The predicted molar refractivity (Wildman–Crippen MR) is 62.6 cm³/mol. The van der Waals surface area contributed by atoms with E-state index in [1.807, 2.05) is 5.38 Å². The first-order valence-corrected chi connectivity index (χ1v) is 6.34. The summed E-state index contributed by atoms with van der Waals surface area (Å²) in [6.45, 7) is 2.15. The molecule has 0 aliphatic carbocycles. The molecular formula is C11H18N2OS. The zero-order chi connectivity index (χ0) is 11.1. The fraction of sp³-hybridized carbons (Fsp3) is 0.636. The Bertz CT molecular complexity index is 285. The maximum absolute atomic E-state index is 11.2. The molecule has 3 nitrogen and oxygen atoms in total. The van der Waals surface area contributed by atoms with Crippen molar-refractivity contribution in [3.05, 3.63) is 16.6 Å². The molecule has 0 saturated carbocycles. The number of carbonyl (C=O) groups is 1. The van der Waals surface area contributed by atoms with Crippen molar-refractivity contribution in [3.8, 4) is 0 Å². The molecule has 0 fully saturated rings. The van der Waals surface area contributed by atoms with E-state index in [0.717, 1.165) is 18.5 Å². The van der Waals surface area contributed by atoms with Crippen LogP contribution in [-0.2, 0) is 11.2 Å². The number of thiazole rings is 1. The van der Waals surface area contributed by atoms with E-state index in [1.54, 1.807) is 16.8 Å². The van der Waals surface area contributed by atoms with E-state index in [1.165, 1.54) is 12.8 Å². The Balaban J connectivity index is 2.40. The molecule has 2 N–H and O–H groups in total. The molecule has 84 valence electrons. The summed E-state index contributed by atoms with van der Waals surface area (Å²) in [6, 6.07) is 0. The molecule has 1 atom stereocenters. The predicted octanol–water partition coefficient (Wildman–Crippen LogP) is 2.37. The van der Waals surface area contributed by atoms with Gasteiger partial charge in [0.2, 0.25) is 5.91 Å². The summed E-state index contributed by atoms with van der Waals surface area (Å²) in [5.74, 6) is -0.238. The van der Waals surface area contributed by atoms with E-state index in [9.17, 15) is 4.79 Å². The van der Waals surface area contributed by atoms with Crippen LogP contribution < -0.4 is 5.73 Å².